The zero-order chi connectivity index (χ0) is 15.7. The molecule has 0 saturated heterocycles. The average Bonchev–Trinajstić information content (AvgIpc) is 2.38. The molecule has 116 valence electrons. The van der Waals surface area contributed by atoms with Crippen molar-refractivity contribution in [2.24, 2.45) is 0 Å². The van der Waals surface area contributed by atoms with E-state index in [2.05, 4.69) is 5.32 Å². The van der Waals surface area contributed by atoms with Crippen molar-refractivity contribution in [3.8, 4) is 5.75 Å². The molecule has 0 unspecified atom stereocenters. The van der Waals surface area contributed by atoms with E-state index in [4.69, 9.17) is 9.84 Å². The first-order valence-corrected chi connectivity index (χ1v) is 6.86. The van der Waals surface area contributed by atoms with E-state index in [0.29, 0.717) is 24.5 Å². The van der Waals surface area contributed by atoms with Gasteiger partial charge in [-0.2, -0.15) is 0 Å². The highest BCUT2D eigenvalue weighted by molar-refractivity contribution is 5.91. The van der Waals surface area contributed by atoms with Gasteiger partial charge in [0.15, 0.2) is 0 Å². The molecule has 0 atom stereocenters. The molecule has 1 amide bonds. The number of likely N-dealkylation sites (N-methyl/N-ethyl adjacent to an activating group) is 1. The van der Waals surface area contributed by atoms with Crippen molar-refractivity contribution in [3.05, 3.63) is 24.3 Å². The van der Waals surface area contributed by atoms with Gasteiger partial charge in [-0.05, 0) is 32.6 Å². The first kappa shape index (κ1) is 17.0. The third kappa shape index (κ3) is 7.94. The maximum absolute atomic E-state index is 11.7. The topological polar surface area (TPSA) is 78.9 Å². The Morgan fingerprint density at radius 3 is 2.71 bits per heavy atom. The van der Waals surface area contributed by atoms with Gasteiger partial charge in [-0.1, -0.05) is 6.07 Å². The Hall–Kier alpha value is -2.08. The van der Waals surface area contributed by atoms with E-state index in [0.717, 1.165) is 6.54 Å². The molecule has 21 heavy (non-hydrogen) atoms. The highest BCUT2D eigenvalue weighted by Crippen LogP contribution is 2.17. The van der Waals surface area contributed by atoms with Gasteiger partial charge in [-0.25, -0.2) is 0 Å². The van der Waals surface area contributed by atoms with E-state index < -0.39 is 5.97 Å². The minimum Gasteiger partial charge on any atom is -0.492 e. The number of ether oxygens (including phenoxy) is 1. The first-order chi connectivity index (χ1) is 9.97. The molecule has 6 heteroatoms. The lowest BCUT2D eigenvalue weighted by Crippen LogP contribution is -2.19. The normalized spacial score (nSPS) is 10.4. The largest absolute Gasteiger partial charge is 0.492 e. The molecule has 0 spiro atoms. The summed E-state index contributed by atoms with van der Waals surface area (Å²) in [4.78, 5) is 24.1. The molecule has 1 aromatic rings. The average molecular weight is 294 g/mol. The fourth-order valence-electron chi connectivity index (χ4n) is 1.63. The second kappa shape index (κ2) is 8.97. The third-order valence-electron chi connectivity index (χ3n) is 2.72. The maximum atomic E-state index is 11.7. The molecular formula is C15H22N2O4. The minimum absolute atomic E-state index is 0.00110. The van der Waals surface area contributed by atoms with Crippen molar-refractivity contribution in [2.75, 3.05) is 32.6 Å². The summed E-state index contributed by atoms with van der Waals surface area (Å²) in [7, 11) is 3.94. The number of anilines is 1. The lowest BCUT2D eigenvalue weighted by molar-refractivity contribution is -0.137. The standard InChI is InChI=1S/C15H22N2O4/c1-17(2)9-10-21-13-6-3-5-12(11-13)16-14(18)7-4-8-15(19)20/h3,5-6,11H,4,7-10H2,1-2H3,(H,16,18)(H,19,20). The maximum Gasteiger partial charge on any atom is 0.303 e. The van der Waals surface area contributed by atoms with Crippen molar-refractivity contribution in [1.82, 2.24) is 4.90 Å². The van der Waals surface area contributed by atoms with Gasteiger partial charge in [0, 0.05) is 31.1 Å². The summed E-state index contributed by atoms with van der Waals surface area (Å²) in [6.45, 7) is 1.38. The Morgan fingerprint density at radius 1 is 1.29 bits per heavy atom. The van der Waals surface area contributed by atoms with Crippen molar-refractivity contribution >= 4 is 17.6 Å². The van der Waals surface area contributed by atoms with E-state index >= 15 is 0 Å². The third-order valence-corrected chi connectivity index (χ3v) is 2.72. The van der Waals surface area contributed by atoms with Gasteiger partial charge in [-0.3, -0.25) is 9.59 Å². The molecular weight excluding hydrogens is 272 g/mol. The molecule has 0 saturated carbocycles. The number of nitrogens with zero attached hydrogens (tertiary/aromatic N) is 1. The summed E-state index contributed by atoms with van der Waals surface area (Å²) >= 11 is 0. The molecule has 6 nitrogen and oxygen atoms in total. The second-order valence-corrected chi connectivity index (χ2v) is 4.98. The van der Waals surface area contributed by atoms with E-state index in [1.54, 1.807) is 18.2 Å². The number of hydrogen-bond donors (Lipinski definition) is 2. The molecule has 1 rings (SSSR count). The number of rotatable bonds is 9. The van der Waals surface area contributed by atoms with Gasteiger partial charge < -0.3 is 20.1 Å². The highest BCUT2D eigenvalue weighted by Gasteiger charge is 2.05. The predicted molar refractivity (Wildman–Crippen MR) is 80.6 cm³/mol. The monoisotopic (exact) mass is 294 g/mol. The number of carbonyl (C=O) groups is 2. The number of carboxylic acids is 1. The van der Waals surface area contributed by atoms with Crippen LogP contribution in [0.4, 0.5) is 5.69 Å². The number of benzene rings is 1. The summed E-state index contributed by atoms with van der Waals surface area (Å²) in [5, 5.41) is 11.3. The Labute approximate surface area is 124 Å². The lowest BCUT2D eigenvalue weighted by Gasteiger charge is -2.12. The molecule has 0 fully saturated rings. The number of carbonyl (C=O) groups excluding carboxylic acids is 1. The highest BCUT2D eigenvalue weighted by atomic mass is 16.5. The van der Waals surface area contributed by atoms with Crippen LogP contribution in [0.25, 0.3) is 0 Å². The molecule has 1 aromatic carbocycles. The molecule has 0 heterocycles. The molecule has 0 aliphatic rings. The number of amides is 1. The Kier molecular flexibility index (Phi) is 7.25. The smallest absolute Gasteiger partial charge is 0.303 e. The van der Waals surface area contributed by atoms with Crippen molar-refractivity contribution < 1.29 is 19.4 Å². The summed E-state index contributed by atoms with van der Waals surface area (Å²) in [5.41, 5.74) is 0.651. The van der Waals surface area contributed by atoms with Crippen LogP contribution in [-0.4, -0.2) is 49.1 Å². The second-order valence-electron chi connectivity index (χ2n) is 4.98. The van der Waals surface area contributed by atoms with E-state index in [9.17, 15) is 9.59 Å². The fraction of sp³-hybridized carbons (Fsp3) is 0.467. The summed E-state index contributed by atoms with van der Waals surface area (Å²) in [6.07, 6.45) is 0.527. The number of hydrogen-bond acceptors (Lipinski definition) is 4. The Bertz CT molecular complexity index is 474. The van der Waals surface area contributed by atoms with Crippen LogP contribution in [0.5, 0.6) is 5.75 Å². The van der Waals surface area contributed by atoms with Crippen LogP contribution in [0.3, 0.4) is 0 Å². The van der Waals surface area contributed by atoms with Crippen LogP contribution < -0.4 is 10.1 Å². The van der Waals surface area contributed by atoms with Gasteiger partial charge in [-0.15, -0.1) is 0 Å². The molecule has 0 bridgehead atoms. The van der Waals surface area contributed by atoms with Crippen molar-refractivity contribution in [2.45, 2.75) is 19.3 Å². The zero-order valence-corrected chi connectivity index (χ0v) is 12.5. The molecule has 2 N–H and O–H groups in total. The van der Waals surface area contributed by atoms with E-state index in [1.807, 2.05) is 25.1 Å². The fourth-order valence-corrected chi connectivity index (χ4v) is 1.63. The van der Waals surface area contributed by atoms with Gasteiger partial charge in [0.1, 0.15) is 12.4 Å². The SMILES string of the molecule is CN(C)CCOc1cccc(NC(=O)CCCC(=O)O)c1. The van der Waals surface area contributed by atoms with Crippen molar-refractivity contribution in [3.63, 3.8) is 0 Å². The van der Waals surface area contributed by atoms with Gasteiger partial charge in [0.05, 0.1) is 0 Å². The lowest BCUT2D eigenvalue weighted by atomic mass is 10.2. The van der Waals surface area contributed by atoms with Crippen LogP contribution >= 0.6 is 0 Å². The van der Waals surface area contributed by atoms with Gasteiger partial charge in [0.25, 0.3) is 0 Å². The number of nitrogens with one attached hydrogen (secondary N) is 1. The molecule has 0 aliphatic carbocycles. The number of aliphatic carboxylic acids is 1. The van der Waals surface area contributed by atoms with Gasteiger partial charge in [0.2, 0.25) is 5.91 Å². The Morgan fingerprint density at radius 2 is 2.05 bits per heavy atom. The zero-order valence-electron chi connectivity index (χ0n) is 12.5. The molecule has 0 radical (unpaired) electrons. The van der Waals surface area contributed by atoms with E-state index in [-0.39, 0.29) is 18.7 Å². The van der Waals surface area contributed by atoms with E-state index in [1.165, 1.54) is 0 Å². The summed E-state index contributed by atoms with van der Waals surface area (Å²) in [5.74, 6) is -0.388. The van der Waals surface area contributed by atoms with Crippen molar-refractivity contribution in [1.29, 1.82) is 0 Å². The van der Waals surface area contributed by atoms with Gasteiger partial charge >= 0.3 is 5.97 Å². The van der Waals surface area contributed by atoms with Crippen LogP contribution in [0, 0.1) is 0 Å². The molecule has 0 aliphatic heterocycles. The first-order valence-electron chi connectivity index (χ1n) is 6.86. The van der Waals surface area contributed by atoms with Crippen LogP contribution in [0.2, 0.25) is 0 Å². The number of carboxylic acid groups (broad SMARTS) is 1. The minimum atomic E-state index is -0.890. The predicted octanol–water partition coefficient (Wildman–Crippen LogP) is 1.82. The van der Waals surface area contributed by atoms with Crippen LogP contribution in [-0.2, 0) is 9.59 Å². The quantitative estimate of drug-likeness (QED) is 0.726. The molecule has 0 aromatic heterocycles. The van der Waals surface area contributed by atoms with Crippen LogP contribution in [0.15, 0.2) is 24.3 Å². The Balaban J connectivity index is 2.41. The van der Waals surface area contributed by atoms with Crippen LogP contribution in [0.1, 0.15) is 19.3 Å². The summed E-state index contributed by atoms with van der Waals surface area (Å²) in [6, 6.07) is 7.16. The summed E-state index contributed by atoms with van der Waals surface area (Å²) < 4.78 is 5.58.